The molecule has 106 valence electrons. The Hall–Kier alpha value is -2.51. The van der Waals surface area contributed by atoms with Gasteiger partial charge in [0.15, 0.2) is 0 Å². The number of rotatable bonds is 4. The first-order valence-electron chi connectivity index (χ1n) is 6.28. The van der Waals surface area contributed by atoms with Crippen LogP contribution in [0, 0.1) is 11.3 Å². The molecule has 0 aliphatic rings. The molecule has 0 bridgehead atoms. The minimum absolute atomic E-state index is 0.164. The Kier molecular flexibility index (Phi) is 4.81. The topological polar surface area (TPSA) is 62.1 Å². The minimum atomic E-state index is -0.164. The lowest BCUT2D eigenvalue weighted by atomic mass is 10.1. The highest BCUT2D eigenvalue weighted by Crippen LogP contribution is 2.26. The maximum atomic E-state index is 11.1. The lowest BCUT2D eigenvalue weighted by Crippen LogP contribution is -2.08. The Labute approximate surface area is 127 Å². The quantitative estimate of drug-likeness (QED) is 0.935. The highest BCUT2D eigenvalue weighted by Gasteiger charge is 2.07. The smallest absolute Gasteiger partial charge is 0.221 e. The number of anilines is 1. The van der Waals surface area contributed by atoms with Crippen molar-refractivity contribution in [2.45, 2.75) is 13.5 Å². The molecule has 2 aromatic carbocycles. The molecule has 0 aliphatic carbocycles. The van der Waals surface area contributed by atoms with Gasteiger partial charge in [0.1, 0.15) is 12.4 Å². The van der Waals surface area contributed by atoms with Gasteiger partial charge in [0, 0.05) is 17.5 Å². The molecule has 21 heavy (non-hydrogen) atoms. The Morgan fingerprint density at radius 2 is 2.10 bits per heavy atom. The molecule has 0 saturated heterocycles. The molecule has 0 aromatic heterocycles. The zero-order valence-corrected chi connectivity index (χ0v) is 12.1. The lowest BCUT2D eigenvalue weighted by Gasteiger charge is -2.12. The monoisotopic (exact) mass is 300 g/mol. The van der Waals surface area contributed by atoms with E-state index in [1.165, 1.54) is 6.92 Å². The number of nitrogens with zero attached hydrogens (tertiary/aromatic N) is 1. The molecular weight excluding hydrogens is 288 g/mol. The summed E-state index contributed by atoms with van der Waals surface area (Å²) in [6, 6.07) is 14.2. The molecule has 0 heterocycles. The van der Waals surface area contributed by atoms with Crippen molar-refractivity contribution in [3.8, 4) is 11.8 Å². The number of hydrogen-bond acceptors (Lipinski definition) is 3. The molecule has 1 amide bonds. The molecule has 4 nitrogen and oxygen atoms in total. The van der Waals surface area contributed by atoms with Gasteiger partial charge < -0.3 is 10.1 Å². The molecule has 0 atom stereocenters. The summed E-state index contributed by atoms with van der Waals surface area (Å²) in [4.78, 5) is 11.1. The van der Waals surface area contributed by atoms with E-state index in [4.69, 9.17) is 21.6 Å². The van der Waals surface area contributed by atoms with Crippen molar-refractivity contribution in [3.63, 3.8) is 0 Å². The van der Waals surface area contributed by atoms with Crippen LogP contribution in [-0.4, -0.2) is 5.91 Å². The van der Waals surface area contributed by atoms with Crippen molar-refractivity contribution < 1.29 is 9.53 Å². The summed E-state index contributed by atoms with van der Waals surface area (Å²) in [5, 5.41) is 12.0. The fourth-order valence-corrected chi connectivity index (χ4v) is 2.01. The van der Waals surface area contributed by atoms with Crippen LogP contribution in [-0.2, 0) is 11.4 Å². The molecule has 2 aromatic rings. The van der Waals surface area contributed by atoms with Crippen LogP contribution >= 0.6 is 11.6 Å². The Balaban J connectivity index is 2.13. The average Bonchev–Trinajstić information content (AvgIpc) is 2.46. The highest BCUT2D eigenvalue weighted by molar-refractivity contribution is 6.31. The molecule has 0 spiro atoms. The van der Waals surface area contributed by atoms with Crippen molar-refractivity contribution in [1.82, 2.24) is 0 Å². The largest absolute Gasteiger partial charge is 0.487 e. The van der Waals surface area contributed by atoms with Crippen LogP contribution in [0.4, 0.5) is 5.69 Å². The molecule has 0 fully saturated rings. The van der Waals surface area contributed by atoms with Crippen LogP contribution in [0.15, 0.2) is 42.5 Å². The molecule has 0 saturated carbocycles. The van der Waals surface area contributed by atoms with Gasteiger partial charge in [0.05, 0.1) is 17.3 Å². The number of nitrogens with one attached hydrogen (secondary N) is 1. The summed E-state index contributed by atoms with van der Waals surface area (Å²) in [7, 11) is 0. The van der Waals surface area contributed by atoms with E-state index in [-0.39, 0.29) is 12.5 Å². The molecule has 2 rings (SSSR count). The van der Waals surface area contributed by atoms with E-state index in [1.54, 1.807) is 30.3 Å². The molecule has 0 radical (unpaired) electrons. The second-order valence-corrected chi connectivity index (χ2v) is 4.79. The van der Waals surface area contributed by atoms with Crippen LogP contribution in [0.1, 0.15) is 18.1 Å². The predicted octanol–water partition coefficient (Wildman–Crippen LogP) is 3.75. The molecule has 5 heteroatoms. The van der Waals surface area contributed by atoms with Crippen molar-refractivity contribution in [2.24, 2.45) is 0 Å². The van der Waals surface area contributed by atoms with E-state index in [2.05, 4.69) is 5.32 Å². The standard InChI is InChI=1S/C16H13ClN2O2/c1-11(20)19-15-4-2-3-5-16(15)21-10-13-7-6-12(9-18)8-14(13)17/h2-8H,10H2,1H3,(H,19,20). The van der Waals surface area contributed by atoms with Gasteiger partial charge in [-0.1, -0.05) is 29.8 Å². The van der Waals surface area contributed by atoms with Gasteiger partial charge in [-0.05, 0) is 24.3 Å². The van der Waals surface area contributed by atoms with Gasteiger partial charge in [0.25, 0.3) is 0 Å². The average molecular weight is 301 g/mol. The second-order valence-electron chi connectivity index (χ2n) is 4.38. The fourth-order valence-electron chi connectivity index (χ4n) is 1.77. The van der Waals surface area contributed by atoms with Crippen LogP contribution in [0.25, 0.3) is 0 Å². The summed E-state index contributed by atoms with van der Waals surface area (Å²) in [6.07, 6.45) is 0. The van der Waals surface area contributed by atoms with Gasteiger partial charge >= 0.3 is 0 Å². The van der Waals surface area contributed by atoms with E-state index < -0.39 is 0 Å². The second kappa shape index (κ2) is 6.78. The SMILES string of the molecule is CC(=O)Nc1ccccc1OCc1ccc(C#N)cc1Cl. The van der Waals surface area contributed by atoms with Gasteiger partial charge in [-0.2, -0.15) is 5.26 Å². The van der Waals surface area contributed by atoms with Gasteiger partial charge in [0.2, 0.25) is 5.91 Å². The number of amides is 1. The molecular formula is C16H13ClN2O2. The number of benzene rings is 2. The third kappa shape index (κ3) is 3.98. The first-order valence-corrected chi connectivity index (χ1v) is 6.66. The Morgan fingerprint density at radius 1 is 1.33 bits per heavy atom. The summed E-state index contributed by atoms with van der Waals surface area (Å²) in [5.41, 5.74) is 1.88. The summed E-state index contributed by atoms with van der Waals surface area (Å²) < 4.78 is 5.70. The summed E-state index contributed by atoms with van der Waals surface area (Å²) in [5.74, 6) is 0.399. The Morgan fingerprint density at radius 3 is 2.76 bits per heavy atom. The lowest BCUT2D eigenvalue weighted by molar-refractivity contribution is -0.114. The number of halogens is 1. The summed E-state index contributed by atoms with van der Waals surface area (Å²) >= 11 is 6.10. The number of nitriles is 1. The maximum absolute atomic E-state index is 11.1. The normalized spacial score (nSPS) is 9.76. The van der Waals surface area contributed by atoms with Gasteiger partial charge in [-0.25, -0.2) is 0 Å². The minimum Gasteiger partial charge on any atom is -0.487 e. The van der Waals surface area contributed by atoms with Crippen molar-refractivity contribution in [2.75, 3.05) is 5.32 Å². The van der Waals surface area contributed by atoms with Gasteiger partial charge in [-0.3, -0.25) is 4.79 Å². The van der Waals surface area contributed by atoms with E-state index in [1.807, 2.05) is 18.2 Å². The van der Waals surface area contributed by atoms with E-state index in [0.717, 1.165) is 5.56 Å². The highest BCUT2D eigenvalue weighted by atomic mass is 35.5. The van der Waals surface area contributed by atoms with Crippen LogP contribution in [0.2, 0.25) is 5.02 Å². The predicted molar refractivity (Wildman–Crippen MR) is 81.2 cm³/mol. The van der Waals surface area contributed by atoms with Crippen molar-refractivity contribution in [1.29, 1.82) is 5.26 Å². The summed E-state index contributed by atoms with van der Waals surface area (Å²) in [6.45, 7) is 1.69. The fraction of sp³-hybridized carbons (Fsp3) is 0.125. The van der Waals surface area contributed by atoms with E-state index in [0.29, 0.717) is 22.0 Å². The third-order valence-corrected chi connectivity index (χ3v) is 3.11. The zero-order valence-electron chi connectivity index (χ0n) is 11.4. The first-order chi connectivity index (χ1) is 10.1. The van der Waals surface area contributed by atoms with Crippen molar-refractivity contribution >= 4 is 23.2 Å². The molecule has 0 aliphatic heterocycles. The first kappa shape index (κ1) is 14.9. The Bertz CT molecular complexity index is 708. The zero-order chi connectivity index (χ0) is 15.2. The molecule has 0 unspecified atom stereocenters. The third-order valence-electron chi connectivity index (χ3n) is 2.76. The van der Waals surface area contributed by atoms with Crippen LogP contribution in [0.3, 0.4) is 0 Å². The number of para-hydroxylation sites is 2. The molecule has 1 N–H and O–H groups in total. The van der Waals surface area contributed by atoms with E-state index in [9.17, 15) is 4.79 Å². The maximum Gasteiger partial charge on any atom is 0.221 e. The van der Waals surface area contributed by atoms with E-state index >= 15 is 0 Å². The van der Waals surface area contributed by atoms with Crippen LogP contribution in [0.5, 0.6) is 5.75 Å². The number of ether oxygens (including phenoxy) is 1. The number of carbonyl (C=O) groups is 1. The van der Waals surface area contributed by atoms with Crippen LogP contribution < -0.4 is 10.1 Å². The van der Waals surface area contributed by atoms with Gasteiger partial charge in [-0.15, -0.1) is 0 Å². The number of carbonyl (C=O) groups excluding carboxylic acids is 1. The van der Waals surface area contributed by atoms with Crippen molar-refractivity contribution in [3.05, 3.63) is 58.6 Å². The number of hydrogen-bond donors (Lipinski definition) is 1.